The summed E-state index contributed by atoms with van der Waals surface area (Å²) in [6.45, 7) is 16.0. The molecule has 0 heterocycles. The summed E-state index contributed by atoms with van der Waals surface area (Å²) in [7, 11) is 0. The molecule has 1 rings (SSSR count). The molecular weight excluding hydrogens is 328 g/mol. The van der Waals surface area contributed by atoms with Gasteiger partial charge in [0.2, 0.25) is 0 Å². The number of phenolic OH excluding ortho intramolecular Hbond substituents is 1. The average Bonchev–Trinajstić information content (AvgIpc) is 2.51. The highest BCUT2D eigenvalue weighted by Gasteiger charge is 2.26. The number of carbonyl (C=O) groups excluding carboxylic acids is 1. The maximum absolute atomic E-state index is 12.0. The Balaban J connectivity index is 2.82. The number of esters is 1. The van der Waals surface area contributed by atoms with Gasteiger partial charge in [-0.2, -0.15) is 0 Å². The molecule has 0 aliphatic rings. The lowest BCUT2D eigenvalue weighted by Crippen LogP contribution is -2.18. The van der Waals surface area contributed by atoms with Crippen LogP contribution in [0.1, 0.15) is 78.0 Å². The number of rotatable bonds is 8. The highest BCUT2D eigenvalue weighted by molar-refractivity contribution is 5.69. The summed E-state index contributed by atoms with van der Waals surface area (Å²) in [5, 5.41) is 10.7. The van der Waals surface area contributed by atoms with Crippen molar-refractivity contribution in [1.29, 1.82) is 0 Å². The van der Waals surface area contributed by atoms with Crippen LogP contribution >= 0.6 is 0 Å². The normalized spacial score (nSPS) is 12.3. The van der Waals surface area contributed by atoms with Gasteiger partial charge in [0, 0.05) is 13.0 Å². The molecule has 0 atom stereocenters. The van der Waals surface area contributed by atoms with E-state index in [-0.39, 0.29) is 16.8 Å². The highest BCUT2D eigenvalue weighted by Crippen LogP contribution is 2.39. The first-order valence-corrected chi connectivity index (χ1v) is 9.57. The van der Waals surface area contributed by atoms with Crippen molar-refractivity contribution in [1.82, 2.24) is 0 Å². The van der Waals surface area contributed by atoms with Crippen LogP contribution in [0.4, 0.5) is 0 Å². The van der Waals surface area contributed by atoms with Crippen LogP contribution in [0.2, 0.25) is 0 Å². The number of phenols is 1. The predicted octanol–water partition coefficient (Wildman–Crippen LogP) is 4.89. The summed E-state index contributed by atoms with van der Waals surface area (Å²) in [5.41, 5.74) is 2.55. The summed E-state index contributed by atoms with van der Waals surface area (Å²) in [6.07, 6.45) is 1.88. The second-order valence-electron chi connectivity index (χ2n) is 8.87. The van der Waals surface area contributed by atoms with E-state index in [1.54, 1.807) is 0 Å². The molecule has 148 valence electrons. The second kappa shape index (κ2) is 9.40. The first kappa shape index (κ1) is 22.5. The van der Waals surface area contributed by atoms with Crippen LogP contribution in [-0.2, 0) is 31.5 Å². The molecule has 0 amide bonds. The number of benzene rings is 1. The minimum absolute atomic E-state index is 0.169. The van der Waals surface area contributed by atoms with Gasteiger partial charge in [-0.25, -0.2) is 0 Å². The van der Waals surface area contributed by atoms with E-state index >= 15 is 0 Å². The topological polar surface area (TPSA) is 55.8 Å². The molecule has 0 saturated heterocycles. The zero-order valence-electron chi connectivity index (χ0n) is 17.6. The zero-order chi connectivity index (χ0) is 20.0. The Morgan fingerprint density at radius 3 is 1.96 bits per heavy atom. The largest absolute Gasteiger partial charge is 0.507 e. The first-order chi connectivity index (χ1) is 12.0. The second-order valence-corrected chi connectivity index (χ2v) is 8.87. The Labute approximate surface area is 158 Å². The average molecular weight is 365 g/mol. The predicted molar refractivity (Wildman–Crippen MR) is 106 cm³/mol. The number of aryl methyl sites for hydroxylation is 1. The monoisotopic (exact) mass is 364 g/mol. The Kier molecular flexibility index (Phi) is 8.14. The van der Waals surface area contributed by atoms with E-state index < -0.39 is 0 Å². The fraction of sp³-hybridized carbons (Fsp3) is 0.682. The molecule has 0 radical (unpaired) electrons. The van der Waals surface area contributed by atoms with Gasteiger partial charge in [0.25, 0.3) is 0 Å². The number of carbonyl (C=O) groups is 1. The van der Waals surface area contributed by atoms with Crippen LogP contribution in [-0.4, -0.2) is 30.9 Å². The van der Waals surface area contributed by atoms with Crippen molar-refractivity contribution in [3.63, 3.8) is 0 Å². The van der Waals surface area contributed by atoms with Crippen molar-refractivity contribution in [3.8, 4) is 5.75 Å². The van der Waals surface area contributed by atoms with Crippen molar-refractivity contribution < 1.29 is 19.4 Å². The fourth-order valence-corrected chi connectivity index (χ4v) is 2.76. The summed E-state index contributed by atoms with van der Waals surface area (Å²) in [5.74, 6) is 0.150. The summed E-state index contributed by atoms with van der Waals surface area (Å²) >= 11 is 0. The third-order valence-electron chi connectivity index (χ3n) is 4.24. The maximum Gasteiger partial charge on any atom is 0.306 e. The van der Waals surface area contributed by atoms with Gasteiger partial charge in [-0.3, -0.25) is 4.79 Å². The zero-order valence-corrected chi connectivity index (χ0v) is 17.6. The van der Waals surface area contributed by atoms with Crippen molar-refractivity contribution >= 4 is 5.97 Å². The molecule has 0 unspecified atom stereocenters. The van der Waals surface area contributed by atoms with Crippen LogP contribution in [0.5, 0.6) is 5.75 Å². The van der Waals surface area contributed by atoms with Gasteiger partial charge in [-0.15, -0.1) is 0 Å². The molecule has 0 aliphatic carbocycles. The van der Waals surface area contributed by atoms with Gasteiger partial charge in [0.05, 0.1) is 6.61 Å². The summed E-state index contributed by atoms with van der Waals surface area (Å²) < 4.78 is 10.5. The summed E-state index contributed by atoms with van der Waals surface area (Å²) in [6, 6.07) is 4.03. The third-order valence-corrected chi connectivity index (χ3v) is 4.24. The number of hydrogen-bond acceptors (Lipinski definition) is 4. The molecule has 0 bridgehead atoms. The van der Waals surface area contributed by atoms with Crippen LogP contribution < -0.4 is 0 Å². The van der Waals surface area contributed by atoms with Gasteiger partial charge < -0.3 is 14.6 Å². The van der Waals surface area contributed by atoms with Crippen molar-refractivity contribution in [2.45, 2.75) is 78.6 Å². The van der Waals surface area contributed by atoms with E-state index in [1.165, 1.54) is 0 Å². The van der Waals surface area contributed by atoms with Crippen LogP contribution in [0.15, 0.2) is 12.1 Å². The smallest absolute Gasteiger partial charge is 0.306 e. The number of ether oxygens (including phenoxy) is 2. The number of aromatic hydroxyl groups is 1. The Bertz CT molecular complexity index is 556. The van der Waals surface area contributed by atoms with Gasteiger partial charge in [0.15, 0.2) is 0 Å². The number of hydrogen-bond donors (Lipinski definition) is 1. The standard InChI is InChI=1S/C22H36O4/c1-8-11-25-12-13-26-19(23)10-9-16-14-17(21(2,3)4)20(24)18(15-16)22(5,6)7/h14-15,24H,8-13H2,1-7H3. The first-order valence-electron chi connectivity index (χ1n) is 9.57. The highest BCUT2D eigenvalue weighted by atomic mass is 16.6. The van der Waals surface area contributed by atoms with Gasteiger partial charge >= 0.3 is 5.97 Å². The summed E-state index contributed by atoms with van der Waals surface area (Å²) in [4.78, 5) is 12.0. The Morgan fingerprint density at radius 2 is 1.50 bits per heavy atom. The molecule has 0 spiro atoms. The van der Waals surface area contributed by atoms with E-state index in [4.69, 9.17) is 9.47 Å². The molecule has 4 nitrogen and oxygen atoms in total. The molecule has 0 aliphatic heterocycles. The Morgan fingerprint density at radius 1 is 0.962 bits per heavy atom. The lowest BCUT2D eigenvalue weighted by molar-refractivity contribution is -0.145. The van der Waals surface area contributed by atoms with E-state index in [0.29, 0.717) is 38.4 Å². The van der Waals surface area contributed by atoms with Crippen molar-refractivity contribution in [2.75, 3.05) is 19.8 Å². The van der Waals surface area contributed by atoms with E-state index in [9.17, 15) is 9.90 Å². The molecule has 1 aromatic rings. The molecule has 1 aromatic carbocycles. The van der Waals surface area contributed by atoms with Gasteiger partial charge in [-0.1, -0.05) is 60.6 Å². The molecule has 0 fully saturated rings. The SMILES string of the molecule is CCCOCCOC(=O)CCc1cc(C(C)(C)C)c(O)c(C(C)(C)C)c1. The molecule has 0 saturated carbocycles. The van der Waals surface area contributed by atoms with Gasteiger partial charge in [0.1, 0.15) is 12.4 Å². The minimum Gasteiger partial charge on any atom is -0.507 e. The lowest BCUT2D eigenvalue weighted by Gasteiger charge is -2.28. The van der Waals surface area contributed by atoms with E-state index in [1.807, 2.05) is 19.1 Å². The van der Waals surface area contributed by atoms with Crippen molar-refractivity contribution in [2.24, 2.45) is 0 Å². The third kappa shape index (κ3) is 6.99. The molecule has 0 aromatic heterocycles. The van der Waals surface area contributed by atoms with Gasteiger partial charge in [-0.05, 0) is 40.4 Å². The molecular formula is C22H36O4. The maximum atomic E-state index is 12.0. The molecule has 4 heteroatoms. The van der Waals surface area contributed by atoms with Crippen molar-refractivity contribution in [3.05, 3.63) is 28.8 Å². The van der Waals surface area contributed by atoms with E-state index in [2.05, 4.69) is 41.5 Å². The lowest BCUT2D eigenvalue weighted by atomic mass is 9.78. The van der Waals surface area contributed by atoms with E-state index in [0.717, 1.165) is 23.1 Å². The Hall–Kier alpha value is -1.55. The minimum atomic E-state index is -0.215. The fourth-order valence-electron chi connectivity index (χ4n) is 2.76. The van der Waals surface area contributed by atoms with Crippen LogP contribution in [0.25, 0.3) is 0 Å². The molecule has 26 heavy (non-hydrogen) atoms. The van der Waals surface area contributed by atoms with Crippen LogP contribution in [0.3, 0.4) is 0 Å². The molecule has 1 N–H and O–H groups in total. The van der Waals surface area contributed by atoms with Crippen LogP contribution in [0, 0.1) is 0 Å². The quantitative estimate of drug-likeness (QED) is 0.527.